The molecule has 1 aliphatic heterocycles. The quantitative estimate of drug-likeness (QED) is 0.760. The minimum atomic E-state index is -2.82. The zero-order valence-corrected chi connectivity index (χ0v) is 14.6. The molecular weight excluding hydrogens is 336 g/mol. The van der Waals surface area contributed by atoms with Crippen LogP contribution in [0.4, 0.5) is 0 Å². The molecule has 130 valence electrons. The highest BCUT2D eigenvalue weighted by atomic mass is 32.2. The van der Waals surface area contributed by atoms with Gasteiger partial charge in [0.15, 0.2) is 9.84 Å². The minimum absolute atomic E-state index is 0.224. The Balaban J connectivity index is 1.54. The van der Waals surface area contributed by atoms with Gasteiger partial charge in [-0.3, -0.25) is 5.10 Å². The van der Waals surface area contributed by atoms with E-state index in [-0.39, 0.29) is 5.92 Å². The second kappa shape index (κ2) is 6.52. The highest BCUT2D eigenvalue weighted by Gasteiger charge is 2.27. The van der Waals surface area contributed by atoms with Gasteiger partial charge in [0.1, 0.15) is 5.75 Å². The second-order valence-electron chi connectivity index (χ2n) is 6.55. The van der Waals surface area contributed by atoms with Crippen molar-refractivity contribution in [3.63, 3.8) is 0 Å². The molecule has 0 saturated carbocycles. The summed E-state index contributed by atoms with van der Waals surface area (Å²) in [5.41, 5.74) is 2.15. The van der Waals surface area contributed by atoms with Crippen molar-refractivity contribution < 1.29 is 13.2 Å². The van der Waals surface area contributed by atoms with Crippen molar-refractivity contribution in [1.29, 1.82) is 0 Å². The van der Waals surface area contributed by atoms with Gasteiger partial charge in [0, 0.05) is 17.1 Å². The molecule has 0 spiro atoms. The Bertz CT molecular complexity index is 981. The van der Waals surface area contributed by atoms with Crippen LogP contribution in [0.5, 0.6) is 5.75 Å². The molecule has 1 atom stereocenters. The summed E-state index contributed by atoms with van der Waals surface area (Å²) in [4.78, 5) is 0. The second-order valence-corrected chi connectivity index (χ2v) is 8.78. The number of aromatic amines is 1. The van der Waals surface area contributed by atoms with Gasteiger partial charge in [-0.15, -0.1) is 0 Å². The van der Waals surface area contributed by atoms with Crippen molar-refractivity contribution in [2.45, 2.75) is 12.8 Å². The number of H-pyrrole nitrogens is 1. The Morgan fingerprint density at radius 3 is 2.72 bits per heavy atom. The lowest BCUT2D eigenvalue weighted by molar-refractivity contribution is 0.288. The number of aromatic nitrogens is 2. The Kier molecular flexibility index (Phi) is 4.21. The topological polar surface area (TPSA) is 72.1 Å². The maximum atomic E-state index is 11.6. The maximum absolute atomic E-state index is 11.6. The van der Waals surface area contributed by atoms with Crippen LogP contribution in [0, 0.1) is 5.92 Å². The van der Waals surface area contributed by atoms with Crippen molar-refractivity contribution >= 4 is 20.6 Å². The van der Waals surface area contributed by atoms with Gasteiger partial charge in [-0.2, -0.15) is 5.10 Å². The lowest BCUT2D eigenvalue weighted by Crippen LogP contribution is -2.09. The van der Waals surface area contributed by atoms with Gasteiger partial charge < -0.3 is 4.74 Å². The SMILES string of the molecule is O=S1(=O)CCC(CCOc2ccc(-c3cn[nH]c3)c3ccccc23)C1. The molecule has 3 aromatic rings. The molecule has 5 nitrogen and oxygen atoms in total. The first-order chi connectivity index (χ1) is 12.1. The van der Waals surface area contributed by atoms with Crippen LogP contribution in [0.2, 0.25) is 0 Å². The highest BCUT2D eigenvalue weighted by Crippen LogP contribution is 2.34. The van der Waals surface area contributed by atoms with Crippen LogP contribution in [0.3, 0.4) is 0 Å². The largest absolute Gasteiger partial charge is 0.493 e. The fourth-order valence-corrected chi connectivity index (χ4v) is 5.39. The Morgan fingerprint density at radius 1 is 1.16 bits per heavy atom. The van der Waals surface area contributed by atoms with Crippen molar-refractivity contribution in [3.8, 4) is 16.9 Å². The summed E-state index contributed by atoms with van der Waals surface area (Å²) in [6.45, 7) is 0.537. The number of rotatable bonds is 5. The molecule has 1 aliphatic rings. The van der Waals surface area contributed by atoms with E-state index >= 15 is 0 Å². The third-order valence-electron chi connectivity index (χ3n) is 4.80. The number of hydrogen-bond acceptors (Lipinski definition) is 4. The summed E-state index contributed by atoms with van der Waals surface area (Å²) in [6, 6.07) is 12.2. The number of sulfone groups is 1. The van der Waals surface area contributed by atoms with Crippen LogP contribution in [-0.4, -0.2) is 36.7 Å². The molecule has 0 bridgehead atoms. The number of ether oxygens (including phenoxy) is 1. The van der Waals surface area contributed by atoms with Gasteiger partial charge >= 0.3 is 0 Å². The molecule has 6 heteroatoms. The lowest BCUT2D eigenvalue weighted by atomic mass is 10.00. The number of nitrogens with zero attached hydrogens (tertiary/aromatic N) is 1. The lowest BCUT2D eigenvalue weighted by Gasteiger charge is -2.13. The highest BCUT2D eigenvalue weighted by molar-refractivity contribution is 7.91. The molecule has 0 radical (unpaired) electrons. The Labute approximate surface area is 146 Å². The predicted molar refractivity (Wildman–Crippen MR) is 98.4 cm³/mol. The van der Waals surface area contributed by atoms with Gasteiger partial charge in [0.2, 0.25) is 0 Å². The van der Waals surface area contributed by atoms with Crippen LogP contribution < -0.4 is 4.74 Å². The normalized spacial score (nSPS) is 19.3. The number of fused-ring (bicyclic) bond motifs is 1. The first-order valence-electron chi connectivity index (χ1n) is 8.46. The van der Waals surface area contributed by atoms with E-state index in [1.165, 1.54) is 0 Å². The van der Waals surface area contributed by atoms with E-state index < -0.39 is 9.84 Å². The maximum Gasteiger partial charge on any atom is 0.150 e. The predicted octanol–water partition coefficient (Wildman–Crippen LogP) is 3.43. The third-order valence-corrected chi connectivity index (χ3v) is 6.64. The third kappa shape index (κ3) is 3.39. The molecule has 1 unspecified atom stereocenters. The summed E-state index contributed by atoms with van der Waals surface area (Å²) in [7, 11) is -2.82. The zero-order chi connectivity index (χ0) is 17.3. The van der Waals surface area contributed by atoms with E-state index in [1.807, 2.05) is 42.7 Å². The van der Waals surface area contributed by atoms with Gasteiger partial charge in [0.05, 0.1) is 24.3 Å². The fourth-order valence-electron chi connectivity index (χ4n) is 3.48. The Morgan fingerprint density at radius 2 is 2.00 bits per heavy atom. The summed E-state index contributed by atoms with van der Waals surface area (Å²) in [6.07, 6.45) is 5.22. The van der Waals surface area contributed by atoms with Crippen LogP contribution in [-0.2, 0) is 9.84 Å². The summed E-state index contributed by atoms with van der Waals surface area (Å²) < 4.78 is 29.1. The molecule has 25 heavy (non-hydrogen) atoms. The van der Waals surface area contributed by atoms with Gasteiger partial charge in [-0.25, -0.2) is 8.42 Å². The van der Waals surface area contributed by atoms with Crippen LogP contribution in [0.25, 0.3) is 21.9 Å². The van der Waals surface area contributed by atoms with Crippen molar-refractivity contribution in [2.24, 2.45) is 5.92 Å². The monoisotopic (exact) mass is 356 g/mol. The van der Waals surface area contributed by atoms with E-state index in [9.17, 15) is 8.42 Å². The standard InChI is InChI=1S/C19H20N2O3S/c22-25(23)10-8-14(13-25)7-9-24-19-6-5-16(15-11-20-21-12-15)17-3-1-2-4-18(17)19/h1-6,11-12,14H,7-10,13H2,(H,20,21). The van der Waals surface area contributed by atoms with Crippen LogP contribution in [0.15, 0.2) is 48.8 Å². The van der Waals surface area contributed by atoms with Crippen LogP contribution in [0.1, 0.15) is 12.8 Å². The zero-order valence-electron chi connectivity index (χ0n) is 13.8. The first kappa shape index (κ1) is 16.1. The fraction of sp³-hybridized carbons (Fsp3) is 0.316. The molecule has 1 aromatic heterocycles. The Hall–Kier alpha value is -2.34. The van der Waals surface area contributed by atoms with Gasteiger partial charge in [0.25, 0.3) is 0 Å². The molecule has 1 fully saturated rings. The summed E-state index contributed by atoms with van der Waals surface area (Å²) in [5, 5.41) is 9.05. The average molecular weight is 356 g/mol. The molecular formula is C19H20N2O3S. The summed E-state index contributed by atoms with van der Waals surface area (Å²) in [5.74, 6) is 1.68. The van der Waals surface area contributed by atoms with Crippen molar-refractivity contribution in [2.75, 3.05) is 18.1 Å². The molecule has 0 amide bonds. The molecule has 2 heterocycles. The van der Waals surface area contributed by atoms with E-state index in [2.05, 4.69) is 16.3 Å². The molecule has 4 rings (SSSR count). The number of nitrogens with one attached hydrogen (secondary N) is 1. The van der Waals surface area contributed by atoms with Crippen molar-refractivity contribution in [3.05, 3.63) is 48.8 Å². The molecule has 1 N–H and O–H groups in total. The molecule has 0 aliphatic carbocycles. The smallest absolute Gasteiger partial charge is 0.150 e. The average Bonchev–Trinajstić information content (AvgIpc) is 3.25. The van der Waals surface area contributed by atoms with Gasteiger partial charge in [-0.05, 0) is 41.8 Å². The van der Waals surface area contributed by atoms with E-state index in [0.29, 0.717) is 18.1 Å². The van der Waals surface area contributed by atoms with Gasteiger partial charge in [-0.1, -0.05) is 24.3 Å². The van der Waals surface area contributed by atoms with Crippen molar-refractivity contribution in [1.82, 2.24) is 10.2 Å². The van der Waals surface area contributed by atoms with E-state index in [0.717, 1.165) is 40.5 Å². The molecule has 2 aromatic carbocycles. The number of benzene rings is 2. The number of hydrogen-bond donors (Lipinski definition) is 1. The minimum Gasteiger partial charge on any atom is -0.493 e. The molecule has 1 saturated heterocycles. The summed E-state index contributed by atoms with van der Waals surface area (Å²) >= 11 is 0. The van der Waals surface area contributed by atoms with E-state index in [1.54, 1.807) is 0 Å². The van der Waals surface area contributed by atoms with E-state index in [4.69, 9.17) is 4.74 Å². The first-order valence-corrected chi connectivity index (χ1v) is 10.3. The van der Waals surface area contributed by atoms with Crippen LogP contribution >= 0.6 is 0 Å².